The molecule has 1 atom stereocenters. The van der Waals surface area contributed by atoms with Gasteiger partial charge in [0.05, 0.1) is 0 Å². The van der Waals surface area contributed by atoms with Gasteiger partial charge in [0.25, 0.3) is 0 Å². The molecule has 4 rings (SSSR count). The van der Waals surface area contributed by atoms with Gasteiger partial charge in [0, 0.05) is 36.7 Å². The van der Waals surface area contributed by atoms with Crippen molar-refractivity contribution in [3.8, 4) is 11.4 Å². The van der Waals surface area contributed by atoms with Gasteiger partial charge in [-0.3, -0.25) is 4.79 Å². The third-order valence-electron chi connectivity index (χ3n) is 5.51. The van der Waals surface area contributed by atoms with Gasteiger partial charge < -0.3 is 15.6 Å². The second kappa shape index (κ2) is 11.3. The Balaban J connectivity index is 0.00000171. The molecule has 1 aromatic heterocycles. The fraction of sp³-hybridized carbons (Fsp3) is 0.348. The maximum absolute atomic E-state index is 12.6. The summed E-state index contributed by atoms with van der Waals surface area (Å²) in [5.74, 6) is 1.83. The van der Waals surface area contributed by atoms with Crippen molar-refractivity contribution in [2.75, 3.05) is 5.32 Å². The quantitative estimate of drug-likeness (QED) is 0.568. The molecule has 0 saturated carbocycles. The van der Waals surface area contributed by atoms with Gasteiger partial charge in [0.1, 0.15) is 5.82 Å². The Labute approximate surface area is 195 Å². The maximum Gasteiger partial charge on any atom is 0.226 e. The summed E-state index contributed by atoms with van der Waals surface area (Å²) >= 11 is 0. The van der Waals surface area contributed by atoms with Crippen molar-refractivity contribution in [1.29, 1.82) is 0 Å². The largest absolute Gasteiger partial charge is 0.326 e. The lowest BCUT2D eigenvalue weighted by molar-refractivity contribution is -0.116. The van der Waals surface area contributed by atoms with Gasteiger partial charge in [0.15, 0.2) is 5.82 Å². The molecule has 31 heavy (non-hydrogen) atoms. The first kappa shape index (κ1) is 24.9. The summed E-state index contributed by atoms with van der Waals surface area (Å²) in [5.41, 5.74) is 9.93. The number of aromatic nitrogens is 3. The maximum atomic E-state index is 12.6. The van der Waals surface area contributed by atoms with E-state index in [2.05, 4.69) is 20.1 Å². The molecule has 2 heterocycles. The van der Waals surface area contributed by atoms with Crippen LogP contribution in [0.1, 0.15) is 48.7 Å². The molecule has 0 bridgehead atoms. The number of amides is 1. The Kier molecular flexibility index (Phi) is 9.04. The van der Waals surface area contributed by atoms with Crippen LogP contribution in [0.2, 0.25) is 0 Å². The molecule has 0 saturated heterocycles. The van der Waals surface area contributed by atoms with Crippen LogP contribution in [0.4, 0.5) is 5.69 Å². The average molecular weight is 462 g/mol. The number of carbonyl (C=O) groups is 1. The third-order valence-corrected chi connectivity index (χ3v) is 5.51. The van der Waals surface area contributed by atoms with Crippen molar-refractivity contribution < 1.29 is 4.79 Å². The Morgan fingerprint density at radius 3 is 2.65 bits per heavy atom. The number of nitrogens with one attached hydrogen (secondary N) is 1. The van der Waals surface area contributed by atoms with E-state index in [0.29, 0.717) is 0 Å². The van der Waals surface area contributed by atoms with Crippen LogP contribution < -0.4 is 11.1 Å². The Bertz CT molecular complexity index is 1010. The molecule has 8 heteroatoms. The van der Waals surface area contributed by atoms with Gasteiger partial charge in [-0.1, -0.05) is 48.9 Å². The predicted octanol–water partition coefficient (Wildman–Crippen LogP) is 4.85. The fourth-order valence-corrected chi connectivity index (χ4v) is 3.81. The Morgan fingerprint density at radius 1 is 1.10 bits per heavy atom. The van der Waals surface area contributed by atoms with Gasteiger partial charge in [-0.2, -0.15) is 0 Å². The van der Waals surface area contributed by atoms with Gasteiger partial charge in [-0.05, 0) is 37.0 Å². The number of aryl methyl sites for hydroxylation is 2. The second-order valence-electron chi connectivity index (χ2n) is 7.70. The number of hydrogen-bond acceptors (Lipinski definition) is 4. The number of hydrogen-bond donors (Lipinski definition) is 2. The van der Waals surface area contributed by atoms with Gasteiger partial charge in [0.2, 0.25) is 5.91 Å². The lowest BCUT2D eigenvalue weighted by atomic mass is 10.0. The second-order valence-corrected chi connectivity index (χ2v) is 7.70. The number of halogens is 2. The number of anilines is 1. The summed E-state index contributed by atoms with van der Waals surface area (Å²) in [7, 11) is 0. The van der Waals surface area contributed by atoms with Gasteiger partial charge >= 0.3 is 0 Å². The number of rotatable bonds is 5. The van der Waals surface area contributed by atoms with Crippen molar-refractivity contribution in [1.82, 2.24) is 14.8 Å². The van der Waals surface area contributed by atoms with E-state index in [0.717, 1.165) is 59.8 Å². The van der Waals surface area contributed by atoms with Crippen LogP contribution >= 0.6 is 24.8 Å². The smallest absolute Gasteiger partial charge is 0.226 e. The zero-order valence-electron chi connectivity index (χ0n) is 17.6. The van der Waals surface area contributed by atoms with Gasteiger partial charge in [-0.25, -0.2) is 0 Å². The van der Waals surface area contributed by atoms with Crippen LogP contribution in [-0.2, 0) is 17.8 Å². The third kappa shape index (κ3) is 5.85. The highest BCUT2D eigenvalue weighted by Gasteiger charge is 2.18. The van der Waals surface area contributed by atoms with Crippen LogP contribution in [0.25, 0.3) is 11.4 Å². The monoisotopic (exact) mass is 461 g/mol. The van der Waals surface area contributed by atoms with Crippen molar-refractivity contribution >= 4 is 36.4 Å². The molecule has 0 radical (unpaired) electrons. The zero-order valence-corrected chi connectivity index (χ0v) is 19.2. The molecule has 3 aromatic rings. The van der Waals surface area contributed by atoms with E-state index in [9.17, 15) is 4.79 Å². The molecule has 0 aliphatic carbocycles. The Morgan fingerprint density at radius 2 is 1.87 bits per heavy atom. The predicted molar refractivity (Wildman–Crippen MR) is 129 cm³/mol. The first-order valence-electron chi connectivity index (χ1n) is 10.3. The van der Waals surface area contributed by atoms with Crippen LogP contribution in [0.15, 0.2) is 48.5 Å². The topological polar surface area (TPSA) is 85.8 Å². The van der Waals surface area contributed by atoms with Crippen LogP contribution in [-0.4, -0.2) is 20.7 Å². The minimum Gasteiger partial charge on any atom is -0.326 e. The summed E-state index contributed by atoms with van der Waals surface area (Å²) in [6.07, 6.45) is 4.73. The van der Waals surface area contributed by atoms with E-state index in [1.807, 2.05) is 55.5 Å². The summed E-state index contributed by atoms with van der Waals surface area (Å²) in [6.45, 7) is 2.93. The summed E-state index contributed by atoms with van der Waals surface area (Å²) in [6, 6.07) is 15.4. The summed E-state index contributed by atoms with van der Waals surface area (Å²) < 4.78 is 2.22. The molecule has 2 aromatic carbocycles. The SMILES string of the molecule is Cc1ccc(-c2nnc3n2CCCCC3)cc1NC(=O)CC(N)c1ccccc1.Cl.Cl. The minimum atomic E-state index is -0.327. The van der Waals surface area contributed by atoms with E-state index >= 15 is 0 Å². The molecule has 0 fully saturated rings. The molecule has 1 aliphatic rings. The zero-order chi connectivity index (χ0) is 20.2. The Hall–Kier alpha value is -2.41. The highest BCUT2D eigenvalue weighted by Crippen LogP contribution is 2.27. The number of benzene rings is 2. The molecular weight excluding hydrogens is 433 g/mol. The number of nitrogens with zero attached hydrogens (tertiary/aromatic N) is 3. The summed E-state index contributed by atoms with van der Waals surface area (Å²) in [4.78, 5) is 12.6. The minimum absolute atomic E-state index is 0. The van der Waals surface area contributed by atoms with E-state index in [-0.39, 0.29) is 43.2 Å². The van der Waals surface area contributed by atoms with Crippen molar-refractivity contribution in [3.63, 3.8) is 0 Å². The number of fused-ring (bicyclic) bond motifs is 1. The number of carbonyl (C=O) groups excluding carboxylic acids is 1. The first-order chi connectivity index (χ1) is 14.1. The van der Waals surface area contributed by atoms with Crippen molar-refractivity contribution in [2.45, 2.75) is 51.6 Å². The van der Waals surface area contributed by atoms with Crippen molar-refractivity contribution in [2.24, 2.45) is 5.73 Å². The molecule has 1 unspecified atom stereocenters. The molecule has 166 valence electrons. The lowest BCUT2D eigenvalue weighted by Crippen LogP contribution is -2.21. The molecule has 0 spiro atoms. The molecule has 1 amide bonds. The normalized spacial score (nSPS) is 13.7. The van der Waals surface area contributed by atoms with E-state index < -0.39 is 0 Å². The molecule has 6 nitrogen and oxygen atoms in total. The molecule has 1 aliphatic heterocycles. The highest BCUT2D eigenvalue weighted by molar-refractivity contribution is 5.92. The van der Waals surface area contributed by atoms with Crippen LogP contribution in [0, 0.1) is 6.92 Å². The highest BCUT2D eigenvalue weighted by atomic mass is 35.5. The van der Waals surface area contributed by atoms with Crippen LogP contribution in [0.5, 0.6) is 0 Å². The van der Waals surface area contributed by atoms with E-state index in [1.54, 1.807) is 0 Å². The lowest BCUT2D eigenvalue weighted by Gasteiger charge is -2.14. The molecular formula is C23H29Cl2N5O. The van der Waals surface area contributed by atoms with E-state index in [4.69, 9.17) is 5.73 Å². The standard InChI is InChI=1S/C23H27N5O.2ClH/c1-16-11-12-18(23-27-26-21-10-6-3-7-13-28(21)23)14-20(16)25-22(29)15-19(24)17-8-4-2-5-9-17;;/h2,4-5,8-9,11-12,14,19H,3,6-7,10,13,15,24H2,1H3,(H,25,29);2*1H. The summed E-state index contributed by atoms with van der Waals surface area (Å²) in [5, 5.41) is 11.8. The fourth-order valence-electron chi connectivity index (χ4n) is 3.81. The first-order valence-corrected chi connectivity index (χ1v) is 10.3. The molecule has 3 N–H and O–H groups in total. The number of nitrogens with two attached hydrogens (primary N) is 1. The van der Waals surface area contributed by atoms with Crippen LogP contribution in [0.3, 0.4) is 0 Å². The van der Waals surface area contributed by atoms with Crippen molar-refractivity contribution in [3.05, 3.63) is 65.5 Å². The van der Waals surface area contributed by atoms with E-state index in [1.165, 1.54) is 6.42 Å². The average Bonchev–Trinajstić information content (AvgIpc) is 2.98. The van der Waals surface area contributed by atoms with Gasteiger partial charge in [-0.15, -0.1) is 35.0 Å².